The Bertz CT molecular complexity index is 1010. The number of fused-ring (bicyclic) bond motifs is 5. The Balaban J connectivity index is 2.15. The van der Waals surface area contributed by atoms with Crippen molar-refractivity contribution in [2.75, 3.05) is 0 Å². The number of allylic oxidation sites excluding steroid dienone is 1. The van der Waals surface area contributed by atoms with Crippen LogP contribution < -0.4 is 0 Å². The van der Waals surface area contributed by atoms with E-state index < -0.39 is 0 Å². The minimum absolute atomic E-state index is 1.21. The number of hydrogen-bond acceptors (Lipinski definition) is 2. The standard InChI is InChI=1S/C19H14S2/c1-3-7-13-11-17-15(10-12(13)4-2)19-18(21-17)14-8-5-6-9-16(14)20-19/h3-11H,2H2,1H3/b7-3-. The SMILES string of the molecule is C=Cc1cc2c(cc1/C=C\C)sc1c3ccccc3sc21. The highest BCUT2D eigenvalue weighted by molar-refractivity contribution is 7.36. The van der Waals surface area contributed by atoms with E-state index in [9.17, 15) is 0 Å². The van der Waals surface area contributed by atoms with E-state index in [-0.39, 0.29) is 0 Å². The van der Waals surface area contributed by atoms with E-state index in [1.54, 1.807) is 0 Å². The fourth-order valence-electron chi connectivity index (χ4n) is 2.79. The second-order valence-corrected chi connectivity index (χ2v) is 7.14. The number of hydrogen-bond donors (Lipinski definition) is 0. The number of thiophene rings is 2. The van der Waals surface area contributed by atoms with Crippen molar-refractivity contribution in [1.29, 1.82) is 0 Å². The average Bonchev–Trinajstić information content (AvgIpc) is 3.02. The Labute approximate surface area is 131 Å². The Morgan fingerprint density at radius 2 is 1.67 bits per heavy atom. The fraction of sp³-hybridized carbons (Fsp3) is 0.0526. The second-order valence-electron chi connectivity index (χ2n) is 5.04. The van der Waals surface area contributed by atoms with E-state index in [4.69, 9.17) is 0 Å². The van der Waals surface area contributed by atoms with Crippen molar-refractivity contribution < 1.29 is 0 Å². The van der Waals surface area contributed by atoms with Gasteiger partial charge in [-0.2, -0.15) is 0 Å². The van der Waals surface area contributed by atoms with Gasteiger partial charge in [0, 0.05) is 20.2 Å². The molecule has 4 rings (SSSR count). The van der Waals surface area contributed by atoms with Crippen LogP contribution in [-0.4, -0.2) is 0 Å². The molecule has 0 aliphatic heterocycles. The zero-order valence-corrected chi connectivity index (χ0v) is 13.4. The summed E-state index contributed by atoms with van der Waals surface area (Å²) in [5.41, 5.74) is 2.45. The predicted molar refractivity (Wildman–Crippen MR) is 99.5 cm³/mol. The third-order valence-electron chi connectivity index (χ3n) is 3.76. The first-order chi connectivity index (χ1) is 10.3. The van der Waals surface area contributed by atoms with Gasteiger partial charge in [0.05, 0.1) is 9.40 Å². The first-order valence-electron chi connectivity index (χ1n) is 6.94. The normalized spacial score (nSPS) is 12.0. The largest absolute Gasteiger partial charge is 0.134 e. The molecule has 2 aromatic carbocycles. The number of rotatable bonds is 2. The molecule has 2 heteroatoms. The molecule has 21 heavy (non-hydrogen) atoms. The van der Waals surface area contributed by atoms with Gasteiger partial charge in [-0.3, -0.25) is 0 Å². The van der Waals surface area contributed by atoms with E-state index in [1.807, 2.05) is 28.7 Å². The van der Waals surface area contributed by atoms with E-state index in [1.165, 1.54) is 40.7 Å². The molecule has 0 spiro atoms. The molecular formula is C19H14S2. The zero-order chi connectivity index (χ0) is 14.4. The molecule has 0 saturated heterocycles. The Kier molecular flexibility index (Phi) is 2.95. The first-order valence-corrected chi connectivity index (χ1v) is 8.58. The van der Waals surface area contributed by atoms with Gasteiger partial charge < -0.3 is 0 Å². The lowest BCUT2D eigenvalue weighted by atomic mass is 10.0. The maximum Gasteiger partial charge on any atom is 0.0542 e. The predicted octanol–water partition coefficient (Wildman–Crippen LogP) is 6.95. The van der Waals surface area contributed by atoms with Crippen LogP contribution in [0, 0.1) is 0 Å². The third kappa shape index (κ3) is 1.87. The quantitative estimate of drug-likeness (QED) is 0.376. The van der Waals surface area contributed by atoms with Crippen LogP contribution in [0.4, 0.5) is 0 Å². The van der Waals surface area contributed by atoms with E-state index in [0.29, 0.717) is 0 Å². The van der Waals surface area contributed by atoms with Gasteiger partial charge in [0.25, 0.3) is 0 Å². The summed E-state index contributed by atoms with van der Waals surface area (Å²) in [7, 11) is 0. The van der Waals surface area contributed by atoms with Crippen LogP contribution in [0.25, 0.3) is 41.7 Å². The third-order valence-corrected chi connectivity index (χ3v) is 6.28. The van der Waals surface area contributed by atoms with Gasteiger partial charge in [0.2, 0.25) is 0 Å². The van der Waals surface area contributed by atoms with Crippen molar-refractivity contribution in [2.24, 2.45) is 0 Å². The van der Waals surface area contributed by atoms with Crippen LogP contribution >= 0.6 is 22.7 Å². The summed E-state index contributed by atoms with van der Waals surface area (Å²) in [6, 6.07) is 13.2. The molecule has 0 saturated carbocycles. The topological polar surface area (TPSA) is 0 Å². The Morgan fingerprint density at radius 1 is 0.905 bits per heavy atom. The molecule has 102 valence electrons. The van der Waals surface area contributed by atoms with Crippen LogP contribution in [0.2, 0.25) is 0 Å². The van der Waals surface area contributed by atoms with Gasteiger partial charge in [0.1, 0.15) is 0 Å². The molecule has 0 radical (unpaired) electrons. The van der Waals surface area contributed by atoms with Gasteiger partial charge >= 0.3 is 0 Å². The van der Waals surface area contributed by atoms with Crippen LogP contribution in [0.5, 0.6) is 0 Å². The van der Waals surface area contributed by atoms with Gasteiger partial charge in [-0.25, -0.2) is 0 Å². The molecule has 0 aliphatic rings. The van der Waals surface area contributed by atoms with Gasteiger partial charge in [-0.05, 0) is 36.2 Å². The highest BCUT2D eigenvalue weighted by Gasteiger charge is 2.12. The Morgan fingerprint density at radius 3 is 2.48 bits per heavy atom. The minimum atomic E-state index is 1.21. The molecule has 0 aliphatic carbocycles. The van der Waals surface area contributed by atoms with Crippen molar-refractivity contribution in [3.8, 4) is 0 Å². The lowest BCUT2D eigenvalue weighted by Gasteiger charge is -2.01. The van der Waals surface area contributed by atoms with E-state index >= 15 is 0 Å². The highest BCUT2D eigenvalue weighted by Crippen LogP contribution is 2.44. The maximum atomic E-state index is 3.96. The molecule has 2 heterocycles. The summed E-state index contributed by atoms with van der Waals surface area (Å²) in [5, 5.41) is 2.74. The van der Waals surface area contributed by atoms with Gasteiger partial charge in [0.15, 0.2) is 0 Å². The summed E-state index contributed by atoms with van der Waals surface area (Å²) >= 11 is 3.79. The van der Waals surface area contributed by atoms with Crippen molar-refractivity contribution >= 4 is 64.4 Å². The summed E-state index contributed by atoms with van der Waals surface area (Å²) in [6.45, 7) is 6.01. The molecular weight excluding hydrogens is 292 g/mol. The van der Waals surface area contributed by atoms with Crippen molar-refractivity contribution in [2.45, 2.75) is 6.92 Å². The van der Waals surface area contributed by atoms with Crippen LogP contribution in [-0.2, 0) is 0 Å². The van der Waals surface area contributed by atoms with Crippen LogP contribution in [0.1, 0.15) is 18.1 Å². The summed E-state index contributed by atoms with van der Waals surface area (Å²) in [5.74, 6) is 0. The molecule has 4 aromatic rings. The molecule has 0 unspecified atom stereocenters. The monoisotopic (exact) mass is 306 g/mol. The van der Waals surface area contributed by atoms with E-state index in [2.05, 4.69) is 62.1 Å². The highest BCUT2D eigenvalue weighted by atomic mass is 32.1. The van der Waals surface area contributed by atoms with E-state index in [0.717, 1.165) is 0 Å². The molecule has 0 atom stereocenters. The first kappa shape index (κ1) is 12.8. The minimum Gasteiger partial charge on any atom is -0.134 e. The summed E-state index contributed by atoms with van der Waals surface area (Å²) in [6.07, 6.45) is 6.19. The molecule has 0 bridgehead atoms. The summed E-state index contributed by atoms with van der Waals surface area (Å²) < 4.78 is 5.56. The van der Waals surface area contributed by atoms with Crippen molar-refractivity contribution in [3.05, 3.63) is 60.2 Å². The van der Waals surface area contributed by atoms with Gasteiger partial charge in [-0.15, -0.1) is 22.7 Å². The average molecular weight is 306 g/mol. The zero-order valence-electron chi connectivity index (χ0n) is 11.7. The van der Waals surface area contributed by atoms with Crippen LogP contribution in [0.3, 0.4) is 0 Å². The fourth-order valence-corrected chi connectivity index (χ4v) is 5.46. The van der Waals surface area contributed by atoms with Crippen molar-refractivity contribution in [1.82, 2.24) is 0 Å². The number of benzene rings is 2. The van der Waals surface area contributed by atoms with Crippen molar-refractivity contribution in [3.63, 3.8) is 0 Å². The molecule has 0 fully saturated rings. The lowest BCUT2D eigenvalue weighted by Crippen LogP contribution is -1.79. The maximum absolute atomic E-state index is 3.96. The molecule has 0 nitrogen and oxygen atoms in total. The molecule has 2 aromatic heterocycles. The molecule has 0 amide bonds. The van der Waals surface area contributed by atoms with Crippen LogP contribution in [0.15, 0.2) is 49.1 Å². The summed E-state index contributed by atoms with van der Waals surface area (Å²) in [4.78, 5) is 0. The Hall–Kier alpha value is -1.90. The smallest absolute Gasteiger partial charge is 0.0542 e. The second kappa shape index (κ2) is 4.83. The molecule has 0 N–H and O–H groups in total. The lowest BCUT2D eigenvalue weighted by molar-refractivity contribution is 1.68. The van der Waals surface area contributed by atoms with Gasteiger partial charge in [-0.1, -0.05) is 43.0 Å².